The number of hydrogen-bond acceptors (Lipinski definition) is 5. The second kappa shape index (κ2) is 8.03. The highest BCUT2D eigenvalue weighted by molar-refractivity contribution is 5.97. The van der Waals surface area contributed by atoms with Crippen molar-refractivity contribution in [3.63, 3.8) is 0 Å². The standard InChI is InChI=1S/C22H24N2O5/c1-14-3-5-18-17(9-14)24(12-15(2)29-18)22(26)8-7-21(25)23-11-16-4-6-19-20(10-16)28-13-27-19/h3-6,9-10,15H,7-8,11-13H2,1-2H3,(H,23,25)/t15-/m0/s1. The van der Waals surface area contributed by atoms with Crippen molar-refractivity contribution < 1.29 is 23.8 Å². The van der Waals surface area contributed by atoms with Gasteiger partial charge in [0.2, 0.25) is 18.6 Å². The van der Waals surface area contributed by atoms with Crippen LogP contribution in [0.4, 0.5) is 5.69 Å². The Labute approximate surface area is 169 Å². The molecule has 0 saturated carbocycles. The quantitative estimate of drug-likeness (QED) is 0.841. The topological polar surface area (TPSA) is 77.1 Å². The van der Waals surface area contributed by atoms with Gasteiger partial charge in [-0.3, -0.25) is 9.59 Å². The average Bonchev–Trinajstić information content (AvgIpc) is 3.18. The van der Waals surface area contributed by atoms with Crippen LogP contribution in [0, 0.1) is 6.92 Å². The van der Waals surface area contributed by atoms with E-state index in [-0.39, 0.29) is 37.6 Å². The molecule has 2 aliphatic rings. The van der Waals surface area contributed by atoms with E-state index in [9.17, 15) is 9.59 Å². The highest BCUT2D eigenvalue weighted by Gasteiger charge is 2.27. The molecule has 4 rings (SSSR count). The molecule has 1 atom stereocenters. The summed E-state index contributed by atoms with van der Waals surface area (Å²) in [5, 5.41) is 2.85. The normalized spacial score (nSPS) is 16.8. The maximum absolute atomic E-state index is 12.8. The predicted octanol–water partition coefficient (Wildman–Crippen LogP) is 2.93. The Bertz CT molecular complexity index is 943. The summed E-state index contributed by atoms with van der Waals surface area (Å²) in [6.45, 7) is 4.98. The Balaban J connectivity index is 1.31. The number of anilines is 1. The Morgan fingerprint density at radius 1 is 1.07 bits per heavy atom. The van der Waals surface area contributed by atoms with Crippen LogP contribution >= 0.6 is 0 Å². The van der Waals surface area contributed by atoms with Crippen molar-refractivity contribution >= 4 is 17.5 Å². The number of amides is 2. The molecule has 0 saturated heterocycles. The molecule has 2 heterocycles. The molecule has 152 valence electrons. The van der Waals surface area contributed by atoms with Gasteiger partial charge in [0, 0.05) is 19.4 Å². The molecule has 0 unspecified atom stereocenters. The fourth-order valence-corrected chi connectivity index (χ4v) is 3.48. The summed E-state index contributed by atoms with van der Waals surface area (Å²) in [5.41, 5.74) is 2.75. The fourth-order valence-electron chi connectivity index (χ4n) is 3.48. The lowest BCUT2D eigenvalue weighted by Crippen LogP contribution is -2.42. The molecule has 0 aliphatic carbocycles. The van der Waals surface area contributed by atoms with Crippen LogP contribution in [0.15, 0.2) is 36.4 Å². The monoisotopic (exact) mass is 396 g/mol. The Kier molecular flexibility index (Phi) is 5.29. The van der Waals surface area contributed by atoms with E-state index in [1.165, 1.54) is 0 Å². The third-order valence-corrected chi connectivity index (χ3v) is 4.97. The summed E-state index contributed by atoms with van der Waals surface area (Å²) in [5.74, 6) is 1.85. The Morgan fingerprint density at radius 3 is 2.72 bits per heavy atom. The molecular formula is C22H24N2O5. The van der Waals surface area contributed by atoms with E-state index < -0.39 is 0 Å². The van der Waals surface area contributed by atoms with Gasteiger partial charge < -0.3 is 24.4 Å². The molecule has 29 heavy (non-hydrogen) atoms. The molecule has 7 nitrogen and oxygen atoms in total. The molecule has 1 N–H and O–H groups in total. The number of aryl methyl sites for hydroxylation is 1. The molecule has 0 fully saturated rings. The highest BCUT2D eigenvalue weighted by Crippen LogP contribution is 2.35. The van der Waals surface area contributed by atoms with Crippen molar-refractivity contribution in [3.8, 4) is 17.2 Å². The fraction of sp³-hybridized carbons (Fsp3) is 0.364. The van der Waals surface area contributed by atoms with Crippen LogP contribution in [0.3, 0.4) is 0 Å². The number of nitrogens with zero attached hydrogens (tertiary/aromatic N) is 1. The van der Waals surface area contributed by atoms with Crippen molar-refractivity contribution in [2.24, 2.45) is 0 Å². The van der Waals surface area contributed by atoms with Crippen LogP contribution in [0.2, 0.25) is 0 Å². The number of hydrogen-bond donors (Lipinski definition) is 1. The van der Waals surface area contributed by atoms with Crippen molar-refractivity contribution in [1.29, 1.82) is 0 Å². The number of rotatable bonds is 5. The number of fused-ring (bicyclic) bond motifs is 2. The summed E-state index contributed by atoms with van der Waals surface area (Å²) in [4.78, 5) is 26.7. The van der Waals surface area contributed by atoms with Gasteiger partial charge in [0.05, 0.1) is 12.2 Å². The maximum Gasteiger partial charge on any atom is 0.231 e. The minimum atomic E-state index is -0.165. The summed E-state index contributed by atoms with van der Waals surface area (Å²) in [7, 11) is 0. The molecular weight excluding hydrogens is 372 g/mol. The van der Waals surface area contributed by atoms with Crippen LogP contribution < -0.4 is 24.4 Å². The van der Waals surface area contributed by atoms with Gasteiger partial charge in [-0.2, -0.15) is 0 Å². The molecule has 0 radical (unpaired) electrons. The van der Waals surface area contributed by atoms with E-state index in [0.717, 1.165) is 16.8 Å². The molecule has 0 bridgehead atoms. The maximum atomic E-state index is 12.8. The first-order valence-corrected chi connectivity index (χ1v) is 9.72. The van der Waals surface area contributed by atoms with Gasteiger partial charge >= 0.3 is 0 Å². The van der Waals surface area contributed by atoms with Gasteiger partial charge in [0.1, 0.15) is 11.9 Å². The summed E-state index contributed by atoms with van der Waals surface area (Å²) in [6, 6.07) is 11.3. The van der Waals surface area contributed by atoms with E-state index in [4.69, 9.17) is 14.2 Å². The lowest BCUT2D eigenvalue weighted by atomic mass is 10.1. The Hall–Kier alpha value is -3.22. The third kappa shape index (κ3) is 4.29. The van der Waals surface area contributed by atoms with Crippen LogP contribution in [-0.2, 0) is 16.1 Å². The van der Waals surface area contributed by atoms with Gasteiger partial charge in [-0.05, 0) is 49.2 Å². The smallest absolute Gasteiger partial charge is 0.231 e. The minimum Gasteiger partial charge on any atom is -0.487 e. The zero-order valence-electron chi connectivity index (χ0n) is 16.6. The highest BCUT2D eigenvalue weighted by atomic mass is 16.7. The third-order valence-electron chi connectivity index (χ3n) is 4.97. The van der Waals surface area contributed by atoms with Crippen LogP contribution in [-0.4, -0.2) is 31.3 Å². The van der Waals surface area contributed by atoms with E-state index in [0.29, 0.717) is 30.3 Å². The van der Waals surface area contributed by atoms with Crippen LogP contribution in [0.5, 0.6) is 17.2 Å². The van der Waals surface area contributed by atoms with Crippen LogP contribution in [0.25, 0.3) is 0 Å². The summed E-state index contributed by atoms with van der Waals surface area (Å²) < 4.78 is 16.4. The number of nitrogens with one attached hydrogen (secondary N) is 1. The van der Waals surface area contributed by atoms with E-state index >= 15 is 0 Å². The minimum absolute atomic E-state index is 0.0785. The van der Waals surface area contributed by atoms with Crippen molar-refractivity contribution in [3.05, 3.63) is 47.5 Å². The molecule has 2 aromatic rings. The SMILES string of the molecule is Cc1ccc2c(c1)N(C(=O)CCC(=O)NCc1ccc3c(c1)OCO3)C[C@H](C)O2. The van der Waals surface area contributed by atoms with Gasteiger partial charge in [0.15, 0.2) is 11.5 Å². The first kappa shape index (κ1) is 19.1. The first-order valence-electron chi connectivity index (χ1n) is 9.72. The average molecular weight is 396 g/mol. The molecule has 0 aromatic heterocycles. The number of ether oxygens (including phenoxy) is 3. The van der Waals surface area contributed by atoms with Gasteiger partial charge in [-0.15, -0.1) is 0 Å². The van der Waals surface area contributed by atoms with E-state index in [2.05, 4.69) is 5.32 Å². The molecule has 2 amide bonds. The van der Waals surface area contributed by atoms with Crippen molar-refractivity contribution in [1.82, 2.24) is 5.32 Å². The molecule has 2 aliphatic heterocycles. The van der Waals surface area contributed by atoms with Gasteiger partial charge in [-0.1, -0.05) is 12.1 Å². The summed E-state index contributed by atoms with van der Waals surface area (Å²) in [6.07, 6.45) is 0.192. The second-order valence-corrected chi connectivity index (χ2v) is 7.37. The first-order chi connectivity index (χ1) is 14.0. The summed E-state index contributed by atoms with van der Waals surface area (Å²) >= 11 is 0. The zero-order valence-corrected chi connectivity index (χ0v) is 16.6. The zero-order chi connectivity index (χ0) is 20.4. The van der Waals surface area contributed by atoms with E-state index in [1.54, 1.807) is 4.90 Å². The second-order valence-electron chi connectivity index (χ2n) is 7.37. The number of benzene rings is 2. The van der Waals surface area contributed by atoms with Crippen molar-refractivity contribution in [2.75, 3.05) is 18.2 Å². The van der Waals surface area contributed by atoms with E-state index in [1.807, 2.05) is 50.2 Å². The predicted molar refractivity (Wildman–Crippen MR) is 107 cm³/mol. The van der Waals surface area contributed by atoms with Crippen molar-refractivity contribution in [2.45, 2.75) is 39.3 Å². The number of carbonyl (C=O) groups excluding carboxylic acids is 2. The molecule has 2 aromatic carbocycles. The number of carbonyl (C=O) groups is 2. The van der Waals surface area contributed by atoms with Crippen LogP contribution in [0.1, 0.15) is 30.9 Å². The molecule has 0 spiro atoms. The lowest BCUT2D eigenvalue weighted by molar-refractivity contribution is -0.125. The largest absolute Gasteiger partial charge is 0.487 e. The lowest BCUT2D eigenvalue weighted by Gasteiger charge is -2.33. The van der Waals surface area contributed by atoms with Gasteiger partial charge in [-0.25, -0.2) is 0 Å². The molecule has 7 heteroatoms. The van der Waals surface area contributed by atoms with Gasteiger partial charge in [0.25, 0.3) is 0 Å². The Morgan fingerprint density at radius 2 is 1.86 bits per heavy atom.